The Morgan fingerprint density at radius 3 is 2.67 bits per heavy atom. The Kier molecular flexibility index (Phi) is 5.22. The number of fused-ring (bicyclic) bond motifs is 1. The number of hydrogen-bond acceptors (Lipinski definition) is 6. The van der Waals surface area contributed by atoms with Crippen LogP contribution in [-0.2, 0) is 14.4 Å². The molecule has 1 heterocycles. The fraction of sp³-hybridized carbons (Fsp3) is 0.0588. The Bertz CT molecular complexity index is 1140. The lowest BCUT2D eigenvalue weighted by Gasteiger charge is -2.04. The third-order valence-electron chi connectivity index (χ3n) is 3.56. The summed E-state index contributed by atoms with van der Waals surface area (Å²) in [6, 6.07) is 13.0. The number of benzene rings is 2. The number of nitrogens with two attached hydrogens (primary N) is 1. The number of Topliss-reactive ketones (excluding diaryl/α,β-unsaturated/α-hetero) is 1. The first kappa shape index (κ1) is 19.0. The van der Waals surface area contributed by atoms with Crippen LogP contribution < -0.4 is 11.2 Å². The minimum absolute atomic E-state index is 0.226. The van der Waals surface area contributed by atoms with E-state index in [4.69, 9.17) is 11.1 Å². The van der Waals surface area contributed by atoms with Crippen molar-refractivity contribution >= 4 is 43.3 Å². The summed E-state index contributed by atoms with van der Waals surface area (Å²) in [5, 5.41) is 7.60. The second-order valence-electron chi connectivity index (χ2n) is 5.56. The quantitative estimate of drug-likeness (QED) is 0.250. The number of halogens is 1. The molecule has 0 saturated carbocycles. The van der Waals surface area contributed by atoms with Gasteiger partial charge in [-0.1, -0.05) is 24.3 Å². The normalized spacial score (nSPS) is 11.4. The van der Waals surface area contributed by atoms with Gasteiger partial charge in [-0.3, -0.25) is 10.2 Å². The predicted octanol–water partition coefficient (Wildman–Crippen LogP) is 2.63. The van der Waals surface area contributed by atoms with E-state index in [9.17, 15) is 17.6 Å². The number of ketones is 1. The van der Waals surface area contributed by atoms with Crippen molar-refractivity contribution in [1.82, 2.24) is 5.48 Å². The second-order valence-corrected chi connectivity index (χ2v) is 8.22. The number of carbonyl (C=O) groups is 1. The summed E-state index contributed by atoms with van der Waals surface area (Å²) in [5.74, 6) is -2.65. The van der Waals surface area contributed by atoms with Crippen LogP contribution in [0.3, 0.4) is 0 Å². The van der Waals surface area contributed by atoms with Crippen molar-refractivity contribution in [3.8, 4) is 11.1 Å². The Morgan fingerprint density at radius 2 is 1.96 bits per heavy atom. The Morgan fingerprint density at radius 1 is 1.22 bits per heavy atom. The van der Waals surface area contributed by atoms with Gasteiger partial charge < -0.3 is 5.73 Å². The Hall–Kier alpha value is -2.82. The van der Waals surface area contributed by atoms with Crippen LogP contribution in [0.25, 0.3) is 21.2 Å². The molecule has 7 nitrogen and oxygen atoms in total. The highest BCUT2D eigenvalue weighted by Crippen LogP contribution is 2.34. The zero-order valence-corrected chi connectivity index (χ0v) is 15.4. The Balaban J connectivity index is 1.92. The molecule has 4 N–H and O–H groups in total. The van der Waals surface area contributed by atoms with Crippen molar-refractivity contribution in [2.45, 2.75) is 0 Å². The van der Waals surface area contributed by atoms with Crippen molar-refractivity contribution < 1.29 is 21.9 Å². The summed E-state index contributed by atoms with van der Waals surface area (Å²) in [6.45, 7) is 0. The zero-order valence-electron chi connectivity index (χ0n) is 13.7. The molecule has 3 aromatic rings. The van der Waals surface area contributed by atoms with Gasteiger partial charge in [0, 0.05) is 10.1 Å². The second kappa shape index (κ2) is 7.43. The van der Waals surface area contributed by atoms with Gasteiger partial charge in [-0.25, -0.2) is 9.87 Å². The van der Waals surface area contributed by atoms with Crippen LogP contribution in [0.2, 0.25) is 0 Å². The number of rotatable bonds is 6. The first-order chi connectivity index (χ1) is 12.7. The maximum absolute atomic E-state index is 13.5. The lowest BCUT2D eigenvalue weighted by Crippen LogP contribution is -2.34. The van der Waals surface area contributed by atoms with Crippen molar-refractivity contribution in [2.24, 2.45) is 5.73 Å². The molecule has 0 aliphatic rings. The molecule has 0 aliphatic carbocycles. The van der Waals surface area contributed by atoms with Crippen molar-refractivity contribution in [3.05, 3.63) is 59.2 Å². The van der Waals surface area contributed by atoms with Gasteiger partial charge in [-0.2, -0.15) is 8.42 Å². The fourth-order valence-electron chi connectivity index (χ4n) is 2.48. The first-order valence-corrected chi connectivity index (χ1v) is 9.97. The summed E-state index contributed by atoms with van der Waals surface area (Å²) in [6.07, 6.45) is 0. The van der Waals surface area contributed by atoms with Gasteiger partial charge in [0.2, 0.25) is 5.96 Å². The van der Waals surface area contributed by atoms with Crippen LogP contribution >= 0.6 is 11.3 Å². The van der Waals surface area contributed by atoms with E-state index in [-0.39, 0.29) is 10.7 Å². The average molecular weight is 407 g/mol. The molecule has 3 rings (SSSR count). The molecule has 0 unspecified atom stereocenters. The van der Waals surface area contributed by atoms with E-state index in [2.05, 4.69) is 4.28 Å². The van der Waals surface area contributed by atoms with Crippen LogP contribution in [-0.4, -0.2) is 25.9 Å². The van der Waals surface area contributed by atoms with Crippen LogP contribution in [0.5, 0.6) is 0 Å². The van der Waals surface area contributed by atoms with E-state index in [1.54, 1.807) is 41.9 Å². The van der Waals surface area contributed by atoms with Gasteiger partial charge >= 0.3 is 0 Å². The minimum Gasteiger partial charge on any atom is -0.368 e. The standard InChI is InChI=1S/C17H14FN3O4S2/c18-11-4-1-3-10(7-11)12-5-2-6-15-13(12)8-16(26-15)14(22)9-27(23,24)25-21-17(19)20/h1-8H,9H2,(H4,19,20,21). The monoisotopic (exact) mass is 407 g/mol. The highest BCUT2D eigenvalue weighted by molar-refractivity contribution is 7.87. The molecule has 2 aromatic carbocycles. The summed E-state index contributed by atoms with van der Waals surface area (Å²) >= 11 is 1.13. The smallest absolute Gasteiger partial charge is 0.295 e. The summed E-state index contributed by atoms with van der Waals surface area (Å²) in [4.78, 5) is 12.6. The summed E-state index contributed by atoms with van der Waals surface area (Å²) in [5.41, 5.74) is 8.03. The van der Waals surface area contributed by atoms with Crippen molar-refractivity contribution in [3.63, 3.8) is 0 Å². The zero-order chi connectivity index (χ0) is 19.6. The highest BCUT2D eigenvalue weighted by Gasteiger charge is 2.22. The van der Waals surface area contributed by atoms with Crippen molar-refractivity contribution in [1.29, 1.82) is 5.41 Å². The Labute approximate surface area is 158 Å². The topological polar surface area (TPSA) is 122 Å². The lowest BCUT2D eigenvalue weighted by atomic mass is 10.0. The molecule has 27 heavy (non-hydrogen) atoms. The molecular weight excluding hydrogens is 393 g/mol. The van der Waals surface area contributed by atoms with Crippen LogP contribution in [0.15, 0.2) is 48.5 Å². The summed E-state index contributed by atoms with van der Waals surface area (Å²) < 4.78 is 42.1. The molecule has 0 aliphatic heterocycles. The number of hydrogen-bond donors (Lipinski definition) is 3. The molecule has 0 atom stereocenters. The van der Waals surface area contributed by atoms with Gasteiger partial charge in [0.1, 0.15) is 11.6 Å². The molecule has 0 amide bonds. The number of carbonyl (C=O) groups excluding carboxylic acids is 1. The van der Waals surface area contributed by atoms with Gasteiger partial charge in [-0.15, -0.1) is 15.6 Å². The molecule has 140 valence electrons. The van der Waals surface area contributed by atoms with Gasteiger partial charge in [0.25, 0.3) is 10.1 Å². The minimum atomic E-state index is -4.25. The van der Waals surface area contributed by atoms with Crippen LogP contribution in [0, 0.1) is 11.2 Å². The molecule has 0 spiro atoms. The van der Waals surface area contributed by atoms with E-state index >= 15 is 0 Å². The third kappa shape index (κ3) is 4.48. The fourth-order valence-corrected chi connectivity index (χ4v) is 4.34. The maximum Gasteiger partial charge on any atom is 0.295 e. The number of hydroxylamine groups is 1. The van der Waals surface area contributed by atoms with Gasteiger partial charge in [0.05, 0.1) is 4.88 Å². The molecular formula is C17H14FN3O4S2. The van der Waals surface area contributed by atoms with E-state index in [0.29, 0.717) is 5.56 Å². The predicted molar refractivity (Wildman–Crippen MR) is 101 cm³/mol. The third-order valence-corrected chi connectivity index (χ3v) is 5.65. The molecule has 0 fully saturated rings. The highest BCUT2D eigenvalue weighted by atomic mass is 32.2. The molecule has 0 saturated heterocycles. The van der Waals surface area contributed by atoms with Gasteiger partial charge in [-0.05, 0) is 35.4 Å². The lowest BCUT2D eigenvalue weighted by molar-refractivity contribution is 0.102. The number of guanidine groups is 1. The molecule has 0 bridgehead atoms. The van der Waals surface area contributed by atoms with E-state index < -0.39 is 27.6 Å². The number of nitrogens with one attached hydrogen (secondary N) is 2. The van der Waals surface area contributed by atoms with Crippen molar-refractivity contribution in [2.75, 3.05) is 5.75 Å². The SMILES string of the molecule is N=C(N)NOS(=O)(=O)CC(=O)c1cc2c(-c3cccc(F)c3)cccc2s1. The van der Waals surface area contributed by atoms with Crippen LogP contribution in [0.4, 0.5) is 4.39 Å². The molecule has 10 heteroatoms. The molecule has 1 aromatic heterocycles. The molecule has 0 radical (unpaired) electrons. The maximum atomic E-state index is 13.5. The van der Waals surface area contributed by atoms with E-state index in [1.165, 1.54) is 12.1 Å². The van der Waals surface area contributed by atoms with Crippen LogP contribution in [0.1, 0.15) is 9.67 Å². The largest absolute Gasteiger partial charge is 0.368 e. The van der Waals surface area contributed by atoms with E-state index in [0.717, 1.165) is 27.0 Å². The average Bonchev–Trinajstić information content (AvgIpc) is 3.04. The summed E-state index contributed by atoms with van der Waals surface area (Å²) in [7, 11) is -4.25. The van der Waals surface area contributed by atoms with Gasteiger partial charge in [0.15, 0.2) is 5.78 Å². The van der Waals surface area contributed by atoms with E-state index in [1.807, 2.05) is 0 Å². The number of thiophene rings is 1. The first-order valence-electron chi connectivity index (χ1n) is 7.58.